The number of fused-ring (bicyclic) bond motifs is 1. The van der Waals surface area contributed by atoms with E-state index < -0.39 is 23.2 Å². The SMILES string of the molecule is COc1ccc(F)c(Cl)c1[C@@H](c1c[nH]c2ncc(-c3cnn(C4CCN(C(C)=O)CC4)c3)cc12)C(F)F. The summed E-state index contributed by atoms with van der Waals surface area (Å²) >= 11 is 6.17. The van der Waals surface area contributed by atoms with Crippen molar-refractivity contribution in [2.24, 2.45) is 0 Å². The molecule has 5 rings (SSSR count). The van der Waals surface area contributed by atoms with E-state index in [1.54, 1.807) is 25.4 Å². The first-order valence-corrected chi connectivity index (χ1v) is 12.2. The predicted molar refractivity (Wildman–Crippen MR) is 134 cm³/mol. The van der Waals surface area contributed by atoms with Gasteiger partial charge in [0.15, 0.2) is 0 Å². The van der Waals surface area contributed by atoms with Gasteiger partial charge < -0.3 is 14.6 Å². The highest BCUT2D eigenvalue weighted by Crippen LogP contribution is 2.44. The summed E-state index contributed by atoms with van der Waals surface area (Å²) in [7, 11) is 1.33. The molecule has 1 amide bonds. The van der Waals surface area contributed by atoms with E-state index in [1.165, 1.54) is 19.4 Å². The van der Waals surface area contributed by atoms with Gasteiger partial charge >= 0.3 is 0 Å². The van der Waals surface area contributed by atoms with E-state index in [9.17, 15) is 18.0 Å². The van der Waals surface area contributed by atoms with Crippen molar-refractivity contribution in [1.29, 1.82) is 0 Å². The summed E-state index contributed by atoms with van der Waals surface area (Å²) in [4.78, 5) is 20.8. The molecule has 1 saturated heterocycles. The van der Waals surface area contributed by atoms with Gasteiger partial charge in [-0.15, -0.1) is 0 Å². The number of benzene rings is 1. The zero-order valence-corrected chi connectivity index (χ0v) is 21.0. The number of likely N-dealkylation sites (tertiary alicyclic amines) is 1. The van der Waals surface area contributed by atoms with E-state index in [-0.39, 0.29) is 28.8 Å². The van der Waals surface area contributed by atoms with Crippen molar-refractivity contribution in [3.8, 4) is 16.9 Å². The number of aromatic nitrogens is 4. The Morgan fingerprint density at radius 1 is 1.22 bits per heavy atom. The molecule has 1 atom stereocenters. The molecule has 0 saturated carbocycles. The number of aromatic amines is 1. The quantitative estimate of drug-likeness (QED) is 0.341. The van der Waals surface area contributed by atoms with Crippen LogP contribution >= 0.6 is 11.6 Å². The number of H-pyrrole nitrogens is 1. The molecule has 194 valence electrons. The van der Waals surface area contributed by atoms with Crippen molar-refractivity contribution in [3.63, 3.8) is 0 Å². The number of methoxy groups -OCH3 is 1. The van der Waals surface area contributed by atoms with Gasteiger partial charge in [-0.3, -0.25) is 9.48 Å². The van der Waals surface area contributed by atoms with Crippen LogP contribution in [-0.2, 0) is 4.79 Å². The van der Waals surface area contributed by atoms with Gasteiger partial charge in [0, 0.05) is 60.7 Å². The number of hydrogen-bond acceptors (Lipinski definition) is 4. The standard InChI is InChI=1S/C26H25ClF3N5O2/c1-14(36)34-7-5-17(6-8-34)35-13-16(11-33-35)15-9-18-19(12-32-26(18)31-10-15)22(25(29)30)23-21(37-2)4-3-20(28)24(23)27/h3-4,9-13,17,22,25H,5-8H2,1-2H3,(H,31,32)/t22-/m1/s1. The summed E-state index contributed by atoms with van der Waals surface area (Å²) in [6.45, 7) is 2.93. The Morgan fingerprint density at radius 2 is 1.97 bits per heavy atom. The molecule has 0 bridgehead atoms. The average Bonchev–Trinajstić information content (AvgIpc) is 3.54. The third-order valence-electron chi connectivity index (χ3n) is 6.99. The van der Waals surface area contributed by atoms with Crippen LogP contribution in [0.4, 0.5) is 13.2 Å². The number of ether oxygens (including phenoxy) is 1. The number of alkyl halides is 2. The molecule has 37 heavy (non-hydrogen) atoms. The number of piperidine rings is 1. The topological polar surface area (TPSA) is 76.0 Å². The third kappa shape index (κ3) is 4.66. The number of pyridine rings is 1. The maximum atomic E-state index is 14.5. The minimum atomic E-state index is -2.89. The second-order valence-electron chi connectivity index (χ2n) is 9.10. The van der Waals surface area contributed by atoms with Crippen LogP contribution in [0.5, 0.6) is 5.75 Å². The van der Waals surface area contributed by atoms with E-state index in [0.29, 0.717) is 29.7 Å². The van der Waals surface area contributed by atoms with Gasteiger partial charge in [0.1, 0.15) is 17.2 Å². The summed E-state index contributed by atoms with van der Waals surface area (Å²) in [6, 6.07) is 4.31. The fraction of sp³-hybridized carbons (Fsp3) is 0.346. The van der Waals surface area contributed by atoms with Gasteiger partial charge in [0.05, 0.1) is 30.3 Å². The summed E-state index contributed by atoms with van der Waals surface area (Å²) in [5.41, 5.74) is 2.01. The monoisotopic (exact) mass is 531 g/mol. The lowest BCUT2D eigenvalue weighted by Crippen LogP contribution is -2.37. The highest BCUT2D eigenvalue weighted by molar-refractivity contribution is 6.31. The van der Waals surface area contributed by atoms with Crippen LogP contribution in [0.3, 0.4) is 0 Å². The van der Waals surface area contributed by atoms with Crippen molar-refractivity contribution in [2.75, 3.05) is 20.2 Å². The molecule has 1 N–H and O–H groups in total. The Balaban J connectivity index is 1.50. The molecule has 0 unspecified atom stereocenters. The van der Waals surface area contributed by atoms with Gasteiger partial charge in [-0.05, 0) is 36.6 Å². The van der Waals surface area contributed by atoms with E-state index in [1.807, 2.05) is 15.8 Å². The van der Waals surface area contributed by atoms with Crippen LogP contribution in [0.15, 0.2) is 43.0 Å². The summed E-state index contributed by atoms with van der Waals surface area (Å²) in [6.07, 6.45) is 5.42. The summed E-state index contributed by atoms with van der Waals surface area (Å²) in [5.74, 6) is -2.20. The lowest BCUT2D eigenvalue weighted by Gasteiger charge is -2.31. The van der Waals surface area contributed by atoms with Crippen molar-refractivity contribution >= 4 is 28.5 Å². The summed E-state index contributed by atoms with van der Waals surface area (Å²) < 4.78 is 50.4. The Bertz CT molecular complexity index is 1450. The fourth-order valence-corrected chi connectivity index (χ4v) is 5.28. The number of nitrogens with zero attached hydrogens (tertiary/aromatic N) is 4. The fourth-order valence-electron chi connectivity index (χ4n) is 5.00. The first-order chi connectivity index (χ1) is 17.8. The number of rotatable bonds is 6. The molecule has 1 aliphatic heterocycles. The molecule has 4 heterocycles. The Hall–Kier alpha value is -3.53. The van der Waals surface area contributed by atoms with Gasteiger partial charge in [-0.2, -0.15) is 5.10 Å². The molecular formula is C26H25ClF3N5O2. The van der Waals surface area contributed by atoms with Gasteiger partial charge in [-0.25, -0.2) is 18.2 Å². The lowest BCUT2D eigenvalue weighted by molar-refractivity contribution is -0.130. The zero-order valence-electron chi connectivity index (χ0n) is 20.2. The van der Waals surface area contributed by atoms with Crippen molar-refractivity contribution in [3.05, 3.63) is 65.0 Å². The maximum absolute atomic E-state index is 14.5. The number of nitrogens with one attached hydrogen (secondary N) is 1. The van der Waals surface area contributed by atoms with Gasteiger partial charge in [-0.1, -0.05) is 11.6 Å². The average molecular weight is 532 g/mol. The predicted octanol–water partition coefficient (Wildman–Crippen LogP) is 5.81. The zero-order chi connectivity index (χ0) is 26.3. The van der Waals surface area contributed by atoms with Crippen LogP contribution in [0.25, 0.3) is 22.2 Å². The molecule has 1 aromatic carbocycles. The molecule has 4 aromatic rings. The van der Waals surface area contributed by atoms with E-state index in [2.05, 4.69) is 15.1 Å². The molecule has 3 aromatic heterocycles. The molecule has 1 fully saturated rings. The van der Waals surface area contributed by atoms with E-state index in [0.717, 1.165) is 24.5 Å². The van der Waals surface area contributed by atoms with Crippen LogP contribution < -0.4 is 4.74 Å². The van der Waals surface area contributed by atoms with E-state index in [4.69, 9.17) is 16.3 Å². The van der Waals surface area contributed by atoms with Crippen LogP contribution in [0.1, 0.15) is 42.9 Å². The second-order valence-corrected chi connectivity index (χ2v) is 9.48. The van der Waals surface area contributed by atoms with Crippen molar-refractivity contribution in [1.82, 2.24) is 24.6 Å². The second kappa shape index (κ2) is 10.1. The third-order valence-corrected chi connectivity index (χ3v) is 7.38. The van der Waals surface area contributed by atoms with Gasteiger partial charge in [0.2, 0.25) is 12.3 Å². The molecule has 7 nitrogen and oxygen atoms in total. The van der Waals surface area contributed by atoms with Crippen LogP contribution in [0, 0.1) is 5.82 Å². The number of amides is 1. The minimum absolute atomic E-state index is 0.0699. The van der Waals surface area contributed by atoms with Crippen molar-refractivity contribution in [2.45, 2.75) is 38.2 Å². The Labute approximate surface area is 216 Å². The number of carbonyl (C=O) groups is 1. The smallest absolute Gasteiger partial charge is 0.249 e. The molecular weight excluding hydrogens is 507 g/mol. The number of carbonyl (C=O) groups excluding carboxylic acids is 1. The number of hydrogen-bond donors (Lipinski definition) is 1. The molecule has 0 aliphatic carbocycles. The molecule has 11 heteroatoms. The normalized spacial score (nSPS) is 15.5. The lowest BCUT2D eigenvalue weighted by atomic mass is 9.90. The first kappa shape index (κ1) is 25.1. The largest absolute Gasteiger partial charge is 0.496 e. The molecule has 0 radical (unpaired) electrons. The molecule has 0 spiro atoms. The summed E-state index contributed by atoms with van der Waals surface area (Å²) in [5, 5.41) is 4.58. The van der Waals surface area contributed by atoms with Crippen LogP contribution in [0.2, 0.25) is 5.02 Å². The number of halogens is 4. The minimum Gasteiger partial charge on any atom is -0.496 e. The van der Waals surface area contributed by atoms with Gasteiger partial charge in [0.25, 0.3) is 0 Å². The van der Waals surface area contributed by atoms with Crippen LogP contribution in [-0.4, -0.2) is 57.2 Å². The molecule has 1 aliphatic rings. The highest BCUT2D eigenvalue weighted by Gasteiger charge is 2.33. The maximum Gasteiger partial charge on any atom is 0.249 e. The van der Waals surface area contributed by atoms with Crippen molar-refractivity contribution < 1.29 is 22.7 Å². The Morgan fingerprint density at radius 3 is 2.65 bits per heavy atom. The first-order valence-electron chi connectivity index (χ1n) is 11.9. The Kier molecular flexibility index (Phi) is 6.85. The van der Waals surface area contributed by atoms with E-state index >= 15 is 0 Å². The highest BCUT2D eigenvalue weighted by atomic mass is 35.5.